The maximum absolute atomic E-state index is 11.1. The van der Waals surface area contributed by atoms with Crippen LogP contribution in [0.15, 0.2) is 27.4 Å². The number of aromatic amines is 1. The SMILES string of the molecule is O=c1[nH]c2cc(CCNC3CCCNC3)ccc2o1. The van der Waals surface area contributed by atoms with Gasteiger partial charge in [0.1, 0.15) is 0 Å². The summed E-state index contributed by atoms with van der Waals surface area (Å²) >= 11 is 0. The van der Waals surface area contributed by atoms with Crippen molar-refractivity contribution in [2.75, 3.05) is 19.6 Å². The molecule has 2 heterocycles. The lowest BCUT2D eigenvalue weighted by molar-refractivity contribution is 0.392. The third kappa shape index (κ3) is 3.05. The van der Waals surface area contributed by atoms with Gasteiger partial charge in [-0.25, -0.2) is 4.79 Å². The first kappa shape index (κ1) is 12.4. The Kier molecular flexibility index (Phi) is 3.66. The maximum atomic E-state index is 11.1. The fraction of sp³-hybridized carbons (Fsp3) is 0.500. The van der Waals surface area contributed by atoms with Crippen LogP contribution in [0.25, 0.3) is 11.1 Å². The van der Waals surface area contributed by atoms with Crippen molar-refractivity contribution in [3.63, 3.8) is 0 Å². The Bertz CT molecular complexity index is 596. The van der Waals surface area contributed by atoms with E-state index in [-0.39, 0.29) is 0 Å². The molecule has 0 radical (unpaired) electrons. The molecule has 5 heteroatoms. The minimum absolute atomic E-state index is 0.390. The lowest BCUT2D eigenvalue weighted by atomic mass is 10.1. The molecule has 1 saturated heterocycles. The largest absolute Gasteiger partial charge is 0.417 e. The number of hydrogen-bond acceptors (Lipinski definition) is 4. The molecule has 19 heavy (non-hydrogen) atoms. The van der Waals surface area contributed by atoms with E-state index >= 15 is 0 Å². The van der Waals surface area contributed by atoms with Gasteiger partial charge in [0.15, 0.2) is 5.58 Å². The minimum Gasteiger partial charge on any atom is -0.408 e. The highest BCUT2D eigenvalue weighted by atomic mass is 16.4. The quantitative estimate of drug-likeness (QED) is 0.768. The normalized spacial score (nSPS) is 19.9. The summed E-state index contributed by atoms with van der Waals surface area (Å²) in [5.41, 5.74) is 2.61. The second kappa shape index (κ2) is 5.59. The van der Waals surface area contributed by atoms with E-state index in [1.54, 1.807) is 0 Å². The van der Waals surface area contributed by atoms with Crippen molar-refractivity contribution in [3.8, 4) is 0 Å². The van der Waals surface area contributed by atoms with Crippen LogP contribution >= 0.6 is 0 Å². The van der Waals surface area contributed by atoms with Gasteiger partial charge in [-0.1, -0.05) is 6.07 Å². The van der Waals surface area contributed by atoms with E-state index in [2.05, 4.69) is 15.6 Å². The highest BCUT2D eigenvalue weighted by molar-refractivity contribution is 5.72. The number of oxazole rings is 1. The second-order valence-corrected chi connectivity index (χ2v) is 5.09. The van der Waals surface area contributed by atoms with Crippen LogP contribution < -0.4 is 16.4 Å². The van der Waals surface area contributed by atoms with Gasteiger partial charge in [0.05, 0.1) is 5.52 Å². The first-order valence-electron chi connectivity index (χ1n) is 6.87. The number of rotatable bonds is 4. The van der Waals surface area contributed by atoms with Crippen LogP contribution in [0.4, 0.5) is 0 Å². The van der Waals surface area contributed by atoms with Crippen molar-refractivity contribution in [2.24, 2.45) is 0 Å². The van der Waals surface area contributed by atoms with Crippen molar-refractivity contribution >= 4 is 11.1 Å². The average Bonchev–Trinajstić information content (AvgIpc) is 2.79. The zero-order valence-corrected chi connectivity index (χ0v) is 10.9. The number of hydrogen-bond donors (Lipinski definition) is 3. The van der Waals surface area contributed by atoms with Crippen LogP contribution in [0.2, 0.25) is 0 Å². The highest BCUT2D eigenvalue weighted by Crippen LogP contribution is 2.12. The second-order valence-electron chi connectivity index (χ2n) is 5.09. The number of benzene rings is 1. The van der Waals surface area contributed by atoms with Crippen LogP contribution in [-0.4, -0.2) is 30.7 Å². The van der Waals surface area contributed by atoms with Gasteiger partial charge in [0.2, 0.25) is 0 Å². The molecule has 0 spiro atoms. The molecule has 1 fully saturated rings. The summed E-state index contributed by atoms with van der Waals surface area (Å²) in [6.45, 7) is 3.16. The number of piperidine rings is 1. The van der Waals surface area contributed by atoms with E-state index < -0.39 is 5.76 Å². The fourth-order valence-corrected chi connectivity index (χ4v) is 2.60. The summed E-state index contributed by atoms with van der Waals surface area (Å²) < 4.78 is 4.99. The lowest BCUT2D eigenvalue weighted by Gasteiger charge is -2.23. The molecule has 0 amide bonds. The molecule has 1 aliphatic heterocycles. The van der Waals surface area contributed by atoms with Crippen molar-refractivity contribution < 1.29 is 4.42 Å². The monoisotopic (exact) mass is 261 g/mol. The van der Waals surface area contributed by atoms with Crippen molar-refractivity contribution in [3.05, 3.63) is 34.3 Å². The van der Waals surface area contributed by atoms with Crippen LogP contribution in [-0.2, 0) is 6.42 Å². The van der Waals surface area contributed by atoms with E-state index in [0.717, 1.165) is 31.6 Å². The first-order chi connectivity index (χ1) is 9.31. The summed E-state index contributed by atoms with van der Waals surface area (Å²) in [4.78, 5) is 13.8. The van der Waals surface area contributed by atoms with Gasteiger partial charge in [-0.05, 0) is 50.0 Å². The molecule has 102 valence electrons. The molecule has 0 saturated carbocycles. The number of aromatic nitrogens is 1. The van der Waals surface area contributed by atoms with E-state index in [4.69, 9.17) is 4.42 Å². The van der Waals surface area contributed by atoms with Gasteiger partial charge >= 0.3 is 5.76 Å². The average molecular weight is 261 g/mol. The molecule has 1 aromatic carbocycles. The topological polar surface area (TPSA) is 70.1 Å². The van der Waals surface area contributed by atoms with Gasteiger partial charge in [0.25, 0.3) is 0 Å². The molecule has 1 unspecified atom stereocenters. The minimum atomic E-state index is -0.390. The summed E-state index contributed by atoms with van der Waals surface area (Å²) in [6, 6.07) is 6.44. The Hall–Kier alpha value is -1.59. The third-order valence-corrected chi connectivity index (χ3v) is 3.63. The van der Waals surface area contributed by atoms with E-state index in [1.807, 2.05) is 18.2 Å². The number of H-pyrrole nitrogens is 1. The number of nitrogens with one attached hydrogen (secondary N) is 3. The van der Waals surface area contributed by atoms with Gasteiger partial charge in [-0.3, -0.25) is 4.98 Å². The Morgan fingerprint density at radius 1 is 1.42 bits per heavy atom. The third-order valence-electron chi connectivity index (χ3n) is 3.63. The molecule has 0 aliphatic carbocycles. The predicted molar refractivity (Wildman–Crippen MR) is 74.4 cm³/mol. The van der Waals surface area contributed by atoms with Gasteiger partial charge in [0, 0.05) is 12.6 Å². The van der Waals surface area contributed by atoms with E-state index in [9.17, 15) is 4.79 Å². The predicted octanol–water partition coefficient (Wildman–Crippen LogP) is 1.01. The van der Waals surface area contributed by atoms with Crippen LogP contribution in [0.1, 0.15) is 18.4 Å². The summed E-state index contributed by atoms with van der Waals surface area (Å²) in [5, 5.41) is 6.96. The maximum Gasteiger partial charge on any atom is 0.417 e. The fourth-order valence-electron chi connectivity index (χ4n) is 2.60. The van der Waals surface area contributed by atoms with Crippen molar-refractivity contribution in [2.45, 2.75) is 25.3 Å². The Labute approximate surface area is 111 Å². The van der Waals surface area contributed by atoms with E-state index in [0.29, 0.717) is 11.6 Å². The molecule has 1 aromatic heterocycles. The van der Waals surface area contributed by atoms with Crippen molar-refractivity contribution in [1.82, 2.24) is 15.6 Å². The van der Waals surface area contributed by atoms with E-state index in [1.165, 1.54) is 18.4 Å². The molecule has 1 aliphatic rings. The Morgan fingerprint density at radius 3 is 3.21 bits per heavy atom. The summed E-state index contributed by atoms with van der Waals surface area (Å²) in [6.07, 6.45) is 3.46. The molecule has 3 N–H and O–H groups in total. The molecule has 1 atom stereocenters. The molecular formula is C14H19N3O2. The van der Waals surface area contributed by atoms with Crippen molar-refractivity contribution in [1.29, 1.82) is 0 Å². The summed E-state index contributed by atoms with van der Waals surface area (Å²) in [7, 11) is 0. The lowest BCUT2D eigenvalue weighted by Crippen LogP contribution is -2.43. The standard InChI is InChI=1S/C14H19N3O2/c18-14-17-12-8-10(3-4-13(12)19-14)5-7-16-11-2-1-6-15-9-11/h3-4,8,11,15-16H,1-2,5-7,9H2,(H,17,18). The summed E-state index contributed by atoms with van der Waals surface area (Å²) in [5.74, 6) is -0.390. The van der Waals surface area contributed by atoms with Gasteiger partial charge in [-0.2, -0.15) is 0 Å². The zero-order valence-electron chi connectivity index (χ0n) is 10.9. The highest BCUT2D eigenvalue weighted by Gasteiger charge is 2.11. The van der Waals surface area contributed by atoms with Crippen LogP contribution in [0.5, 0.6) is 0 Å². The Morgan fingerprint density at radius 2 is 2.37 bits per heavy atom. The van der Waals surface area contributed by atoms with Gasteiger partial charge in [-0.15, -0.1) is 0 Å². The van der Waals surface area contributed by atoms with Gasteiger partial charge < -0.3 is 15.1 Å². The molecule has 3 rings (SSSR count). The number of fused-ring (bicyclic) bond motifs is 1. The molecule has 0 bridgehead atoms. The molecule has 5 nitrogen and oxygen atoms in total. The molecular weight excluding hydrogens is 242 g/mol. The zero-order chi connectivity index (χ0) is 13.1. The molecule has 2 aromatic rings. The van der Waals surface area contributed by atoms with Crippen LogP contribution in [0, 0.1) is 0 Å². The first-order valence-corrected chi connectivity index (χ1v) is 6.87. The van der Waals surface area contributed by atoms with Crippen LogP contribution in [0.3, 0.4) is 0 Å². The smallest absolute Gasteiger partial charge is 0.408 e. The Balaban J connectivity index is 1.57.